The fraction of sp³-hybridized carbons (Fsp3) is 0.286. The number of nitrogens with one attached hydrogen (secondary N) is 2. The number of H-pyrrole nitrogens is 2. The number of aromatic nitrogens is 3. The molecule has 2 aromatic rings. The Labute approximate surface area is 120 Å². The summed E-state index contributed by atoms with van der Waals surface area (Å²) in [6, 6.07) is 5.33. The zero-order valence-electron chi connectivity index (χ0n) is 11.6. The monoisotopic (exact) mass is 286 g/mol. The first-order chi connectivity index (χ1) is 10.1. The molecule has 108 valence electrons. The van der Waals surface area contributed by atoms with Gasteiger partial charge >= 0.3 is 5.97 Å². The van der Waals surface area contributed by atoms with Crippen LogP contribution in [0.15, 0.2) is 29.3 Å². The Morgan fingerprint density at radius 2 is 2.24 bits per heavy atom. The van der Waals surface area contributed by atoms with E-state index in [1.165, 1.54) is 13.3 Å². The van der Waals surface area contributed by atoms with Crippen LogP contribution in [0.3, 0.4) is 0 Å². The van der Waals surface area contributed by atoms with Gasteiger partial charge in [0.25, 0.3) is 5.56 Å². The first kappa shape index (κ1) is 14.5. The van der Waals surface area contributed by atoms with Crippen molar-refractivity contribution < 1.29 is 9.53 Å². The second-order valence-corrected chi connectivity index (χ2v) is 4.51. The van der Waals surface area contributed by atoms with Crippen LogP contribution in [0.2, 0.25) is 0 Å². The van der Waals surface area contributed by atoms with Crippen LogP contribution < -0.4 is 5.56 Å². The Kier molecular flexibility index (Phi) is 4.18. The van der Waals surface area contributed by atoms with Gasteiger partial charge in [-0.25, -0.2) is 0 Å². The lowest BCUT2D eigenvalue weighted by Crippen LogP contribution is -2.27. The summed E-state index contributed by atoms with van der Waals surface area (Å²) in [4.78, 5) is 27.9. The average Bonchev–Trinajstić information content (AvgIpc) is 2.84. The van der Waals surface area contributed by atoms with Gasteiger partial charge in [0.1, 0.15) is 0 Å². The van der Waals surface area contributed by atoms with E-state index in [1.54, 1.807) is 25.3 Å². The normalized spacial score (nSPS) is 13.2. The highest BCUT2D eigenvalue weighted by Gasteiger charge is 2.35. The second kappa shape index (κ2) is 6.05. The molecule has 0 aliphatic rings. The van der Waals surface area contributed by atoms with Crippen LogP contribution in [0, 0.1) is 24.2 Å². The third kappa shape index (κ3) is 2.69. The molecule has 2 aromatic heterocycles. The topological polar surface area (TPSA) is 112 Å². The van der Waals surface area contributed by atoms with Crippen molar-refractivity contribution in [1.29, 1.82) is 5.26 Å². The molecule has 0 radical (unpaired) electrons. The van der Waals surface area contributed by atoms with E-state index in [4.69, 9.17) is 0 Å². The van der Waals surface area contributed by atoms with Crippen molar-refractivity contribution in [3.63, 3.8) is 0 Å². The molecule has 0 aliphatic heterocycles. The molecule has 2 heterocycles. The van der Waals surface area contributed by atoms with Gasteiger partial charge in [-0.15, -0.1) is 0 Å². The summed E-state index contributed by atoms with van der Waals surface area (Å²) in [6.45, 7) is 1.70. The van der Waals surface area contributed by atoms with Gasteiger partial charge in [0.15, 0.2) is 5.92 Å². The standard InChI is InChI=1S/C14H14N4O3/c1-8-11(13(19)18-17-8)12(9-4-3-5-16-7-9)10(6-15)14(20)21-2/h3-5,7,10,12H,1-2H3,(H2,17,18,19)/t10-,12+/m0/s1. The SMILES string of the molecule is COC(=O)[C@@H](C#N)[C@@H](c1cccnc1)c1c(C)[nH][nH]c1=O. The fourth-order valence-electron chi connectivity index (χ4n) is 2.31. The summed E-state index contributed by atoms with van der Waals surface area (Å²) in [6.07, 6.45) is 3.11. The van der Waals surface area contributed by atoms with Crippen molar-refractivity contribution in [2.45, 2.75) is 12.8 Å². The molecule has 0 bridgehead atoms. The van der Waals surface area contributed by atoms with E-state index >= 15 is 0 Å². The average molecular weight is 286 g/mol. The lowest BCUT2D eigenvalue weighted by Gasteiger charge is -2.19. The highest BCUT2D eigenvalue weighted by Crippen LogP contribution is 2.31. The number of hydrogen-bond donors (Lipinski definition) is 2. The van der Waals surface area contributed by atoms with E-state index < -0.39 is 17.8 Å². The van der Waals surface area contributed by atoms with Gasteiger partial charge in [-0.3, -0.25) is 19.7 Å². The zero-order valence-corrected chi connectivity index (χ0v) is 11.6. The Hall–Kier alpha value is -2.88. The number of aromatic amines is 2. The van der Waals surface area contributed by atoms with Gasteiger partial charge in [-0.05, 0) is 18.6 Å². The molecule has 0 fully saturated rings. The largest absolute Gasteiger partial charge is 0.468 e. The van der Waals surface area contributed by atoms with Crippen molar-refractivity contribution in [3.05, 3.63) is 51.7 Å². The van der Waals surface area contributed by atoms with E-state index in [9.17, 15) is 14.9 Å². The summed E-state index contributed by atoms with van der Waals surface area (Å²) in [5, 5.41) is 14.5. The van der Waals surface area contributed by atoms with Crippen molar-refractivity contribution >= 4 is 5.97 Å². The van der Waals surface area contributed by atoms with E-state index in [-0.39, 0.29) is 5.56 Å². The number of pyridine rings is 1. The van der Waals surface area contributed by atoms with Crippen LogP contribution in [0.25, 0.3) is 0 Å². The van der Waals surface area contributed by atoms with Crippen molar-refractivity contribution in [1.82, 2.24) is 15.2 Å². The van der Waals surface area contributed by atoms with Crippen LogP contribution in [-0.2, 0) is 9.53 Å². The molecule has 7 heteroatoms. The van der Waals surface area contributed by atoms with Crippen LogP contribution in [0.5, 0.6) is 0 Å². The number of esters is 1. The minimum atomic E-state index is -1.13. The maximum Gasteiger partial charge on any atom is 0.324 e. The third-order valence-corrected chi connectivity index (χ3v) is 3.29. The third-order valence-electron chi connectivity index (χ3n) is 3.29. The molecule has 0 saturated heterocycles. The lowest BCUT2D eigenvalue weighted by molar-refractivity contribution is -0.143. The Morgan fingerprint density at radius 3 is 2.71 bits per heavy atom. The highest BCUT2D eigenvalue weighted by molar-refractivity contribution is 5.77. The second-order valence-electron chi connectivity index (χ2n) is 4.51. The van der Waals surface area contributed by atoms with Gasteiger partial charge in [0.2, 0.25) is 0 Å². The number of nitriles is 1. The summed E-state index contributed by atoms with van der Waals surface area (Å²) in [5.74, 6) is -2.56. The minimum Gasteiger partial charge on any atom is -0.468 e. The van der Waals surface area contributed by atoms with Gasteiger partial charge in [-0.1, -0.05) is 6.07 Å². The van der Waals surface area contributed by atoms with Gasteiger partial charge in [0, 0.05) is 29.6 Å². The van der Waals surface area contributed by atoms with E-state index in [0.29, 0.717) is 16.8 Å². The molecule has 0 saturated carbocycles. The molecule has 2 atom stereocenters. The predicted molar refractivity (Wildman–Crippen MR) is 73.3 cm³/mol. The van der Waals surface area contributed by atoms with Crippen LogP contribution in [0.4, 0.5) is 0 Å². The summed E-state index contributed by atoms with van der Waals surface area (Å²) < 4.78 is 4.68. The van der Waals surface area contributed by atoms with Gasteiger partial charge in [-0.2, -0.15) is 5.26 Å². The van der Waals surface area contributed by atoms with Crippen molar-refractivity contribution in [3.8, 4) is 6.07 Å². The molecule has 0 aromatic carbocycles. The van der Waals surface area contributed by atoms with Crippen LogP contribution >= 0.6 is 0 Å². The molecule has 0 spiro atoms. The molecular formula is C14H14N4O3. The van der Waals surface area contributed by atoms with E-state index in [0.717, 1.165) is 0 Å². The van der Waals surface area contributed by atoms with Gasteiger partial charge < -0.3 is 9.84 Å². The number of nitrogens with zero attached hydrogens (tertiary/aromatic N) is 2. The number of carbonyl (C=O) groups is 1. The summed E-state index contributed by atoms with van der Waals surface area (Å²) in [5.41, 5.74) is 1.13. The first-order valence-corrected chi connectivity index (χ1v) is 6.24. The molecule has 0 aliphatic carbocycles. The number of aryl methyl sites for hydroxylation is 1. The minimum absolute atomic E-state index is 0.333. The summed E-state index contributed by atoms with van der Waals surface area (Å²) in [7, 11) is 1.21. The molecule has 2 N–H and O–H groups in total. The molecule has 0 amide bonds. The van der Waals surface area contributed by atoms with Crippen LogP contribution in [-0.4, -0.2) is 28.3 Å². The quantitative estimate of drug-likeness (QED) is 0.809. The fourth-order valence-corrected chi connectivity index (χ4v) is 2.31. The van der Waals surface area contributed by atoms with E-state index in [2.05, 4.69) is 19.9 Å². The number of hydrogen-bond acceptors (Lipinski definition) is 5. The highest BCUT2D eigenvalue weighted by atomic mass is 16.5. The van der Waals surface area contributed by atoms with Crippen molar-refractivity contribution in [2.24, 2.45) is 5.92 Å². The molecule has 21 heavy (non-hydrogen) atoms. The van der Waals surface area contributed by atoms with E-state index in [1.807, 2.05) is 6.07 Å². The lowest BCUT2D eigenvalue weighted by atomic mass is 9.82. The first-order valence-electron chi connectivity index (χ1n) is 6.24. The molecule has 7 nitrogen and oxygen atoms in total. The Morgan fingerprint density at radius 1 is 1.48 bits per heavy atom. The Bertz CT molecular complexity index is 727. The predicted octanol–water partition coefficient (Wildman–Crippen LogP) is 0.851. The van der Waals surface area contributed by atoms with Crippen molar-refractivity contribution in [2.75, 3.05) is 7.11 Å². The molecule has 0 unspecified atom stereocenters. The number of carbonyl (C=O) groups excluding carboxylic acids is 1. The summed E-state index contributed by atoms with van der Waals surface area (Å²) >= 11 is 0. The van der Waals surface area contributed by atoms with Crippen LogP contribution in [0.1, 0.15) is 22.7 Å². The smallest absolute Gasteiger partial charge is 0.324 e. The number of methoxy groups -OCH3 is 1. The molecule has 2 rings (SSSR count). The zero-order chi connectivity index (χ0) is 15.4. The molecular weight excluding hydrogens is 272 g/mol. The Balaban J connectivity index is 2.64. The maximum atomic E-state index is 12.0. The number of ether oxygens (including phenoxy) is 1. The number of rotatable bonds is 4. The maximum absolute atomic E-state index is 12.0. The van der Waals surface area contributed by atoms with Gasteiger partial charge in [0.05, 0.1) is 13.2 Å².